The van der Waals surface area contributed by atoms with Gasteiger partial charge in [0.25, 0.3) is 0 Å². The molecule has 2 aromatic rings. The topological polar surface area (TPSA) is 60.0 Å². The van der Waals surface area contributed by atoms with Gasteiger partial charge in [-0.25, -0.2) is 4.79 Å². The molecule has 2 amide bonds. The Balaban J connectivity index is 1.43. The molecule has 6 nitrogen and oxygen atoms in total. The molecular weight excluding hydrogens is 356 g/mol. The summed E-state index contributed by atoms with van der Waals surface area (Å²) in [6.07, 6.45) is 1.06. The van der Waals surface area contributed by atoms with Crippen LogP contribution in [0.15, 0.2) is 30.3 Å². The van der Waals surface area contributed by atoms with Crippen molar-refractivity contribution >= 4 is 6.03 Å². The number of amides is 2. The number of benzene rings is 2. The predicted octanol–water partition coefficient (Wildman–Crippen LogP) is 3.64. The maximum atomic E-state index is 12.7. The molecule has 6 heteroatoms. The standard InChI is InChI=1S/C22H26N2O4/c1-4-27-20-9-16-7-14(2)28-21(16)10-17(20)11-23-22(25)24-12-15-5-6-19(26-3)8-18(15)13-24/h5-6,8-10,14H,4,7,11-13H2,1-3H3,(H,23,25). The first kappa shape index (κ1) is 18.5. The van der Waals surface area contributed by atoms with Crippen molar-refractivity contribution in [1.29, 1.82) is 0 Å². The van der Waals surface area contributed by atoms with E-state index in [0.717, 1.165) is 45.9 Å². The largest absolute Gasteiger partial charge is 0.497 e. The average molecular weight is 382 g/mol. The summed E-state index contributed by atoms with van der Waals surface area (Å²) in [4.78, 5) is 14.5. The Hall–Kier alpha value is -2.89. The third-order valence-corrected chi connectivity index (χ3v) is 5.23. The number of hydrogen-bond acceptors (Lipinski definition) is 4. The van der Waals surface area contributed by atoms with Gasteiger partial charge in [0.1, 0.15) is 23.4 Å². The van der Waals surface area contributed by atoms with Crippen LogP contribution in [-0.2, 0) is 26.1 Å². The van der Waals surface area contributed by atoms with Gasteiger partial charge in [-0.15, -0.1) is 0 Å². The quantitative estimate of drug-likeness (QED) is 0.858. The molecule has 2 aromatic carbocycles. The van der Waals surface area contributed by atoms with Crippen molar-refractivity contribution in [3.8, 4) is 17.2 Å². The molecular formula is C22H26N2O4. The van der Waals surface area contributed by atoms with E-state index in [-0.39, 0.29) is 12.1 Å². The molecule has 0 radical (unpaired) electrons. The molecule has 2 aliphatic rings. The second-order valence-electron chi connectivity index (χ2n) is 7.28. The van der Waals surface area contributed by atoms with Crippen molar-refractivity contribution in [3.63, 3.8) is 0 Å². The molecule has 148 valence electrons. The second-order valence-corrected chi connectivity index (χ2v) is 7.28. The van der Waals surface area contributed by atoms with Gasteiger partial charge in [-0.2, -0.15) is 0 Å². The third-order valence-electron chi connectivity index (χ3n) is 5.23. The first-order valence-electron chi connectivity index (χ1n) is 9.71. The van der Waals surface area contributed by atoms with Crippen molar-refractivity contribution < 1.29 is 19.0 Å². The minimum Gasteiger partial charge on any atom is -0.497 e. The van der Waals surface area contributed by atoms with Gasteiger partial charge in [-0.3, -0.25) is 0 Å². The molecule has 1 unspecified atom stereocenters. The number of fused-ring (bicyclic) bond motifs is 2. The van der Waals surface area contributed by atoms with Crippen LogP contribution in [0.25, 0.3) is 0 Å². The Labute approximate surface area is 165 Å². The molecule has 1 N–H and O–H groups in total. The molecule has 0 spiro atoms. The van der Waals surface area contributed by atoms with E-state index >= 15 is 0 Å². The van der Waals surface area contributed by atoms with Gasteiger partial charge < -0.3 is 24.4 Å². The summed E-state index contributed by atoms with van der Waals surface area (Å²) in [5.74, 6) is 2.52. The maximum absolute atomic E-state index is 12.7. The Morgan fingerprint density at radius 1 is 1.21 bits per heavy atom. The lowest BCUT2D eigenvalue weighted by Crippen LogP contribution is -2.36. The van der Waals surface area contributed by atoms with Crippen LogP contribution in [0.2, 0.25) is 0 Å². The summed E-state index contributed by atoms with van der Waals surface area (Å²) in [5, 5.41) is 3.03. The van der Waals surface area contributed by atoms with E-state index in [1.165, 1.54) is 0 Å². The van der Waals surface area contributed by atoms with E-state index in [2.05, 4.69) is 12.2 Å². The summed E-state index contributed by atoms with van der Waals surface area (Å²) in [7, 11) is 1.65. The summed E-state index contributed by atoms with van der Waals surface area (Å²) in [6.45, 7) is 6.19. The number of methoxy groups -OCH3 is 1. The van der Waals surface area contributed by atoms with Crippen LogP contribution >= 0.6 is 0 Å². The number of carbonyl (C=O) groups excluding carboxylic acids is 1. The summed E-state index contributed by atoms with van der Waals surface area (Å²) >= 11 is 0. The minimum atomic E-state index is -0.0904. The summed E-state index contributed by atoms with van der Waals surface area (Å²) in [6, 6.07) is 9.89. The first-order chi connectivity index (χ1) is 13.6. The second kappa shape index (κ2) is 7.62. The molecule has 28 heavy (non-hydrogen) atoms. The molecule has 2 aliphatic heterocycles. The van der Waals surface area contributed by atoms with E-state index < -0.39 is 0 Å². The fraction of sp³-hybridized carbons (Fsp3) is 0.409. The molecule has 0 aromatic heterocycles. The van der Waals surface area contributed by atoms with Crippen LogP contribution in [0.3, 0.4) is 0 Å². The van der Waals surface area contributed by atoms with Crippen LogP contribution in [0.4, 0.5) is 4.79 Å². The molecule has 0 saturated carbocycles. The first-order valence-corrected chi connectivity index (χ1v) is 9.71. The lowest BCUT2D eigenvalue weighted by molar-refractivity contribution is 0.198. The van der Waals surface area contributed by atoms with E-state index in [9.17, 15) is 4.79 Å². The normalized spacial score (nSPS) is 17.0. The highest BCUT2D eigenvalue weighted by Crippen LogP contribution is 2.35. The SMILES string of the molecule is CCOc1cc2c(cc1CNC(=O)N1Cc3ccc(OC)cc3C1)OC(C)C2. The molecule has 4 rings (SSSR count). The van der Waals surface area contributed by atoms with Crippen LogP contribution in [0.1, 0.15) is 36.1 Å². The Kier molecular flexibility index (Phi) is 5.03. The van der Waals surface area contributed by atoms with Crippen LogP contribution < -0.4 is 19.5 Å². The van der Waals surface area contributed by atoms with Crippen LogP contribution in [-0.4, -0.2) is 30.8 Å². The van der Waals surface area contributed by atoms with Gasteiger partial charge in [-0.05, 0) is 49.2 Å². The van der Waals surface area contributed by atoms with Gasteiger partial charge in [0.2, 0.25) is 0 Å². The summed E-state index contributed by atoms with van der Waals surface area (Å²) in [5.41, 5.74) is 4.38. The van der Waals surface area contributed by atoms with Crippen LogP contribution in [0.5, 0.6) is 17.2 Å². The zero-order valence-corrected chi connectivity index (χ0v) is 16.6. The zero-order valence-electron chi connectivity index (χ0n) is 16.6. The lowest BCUT2D eigenvalue weighted by atomic mass is 10.1. The lowest BCUT2D eigenvalue weighted by Gasteiger charge is -2.18. The van der Waals surface area contributed by atoms with Gasteiger partial charge in [0, 0.05) is 37.2 Å². The van der Waals surface area contributed by atoms with E-state index in [0.29, 0.717) is 26.2 Å². The molecule has 1 atom stereocenters. The highest BCUT2D eigenvalue weighted by molar-refractivity contribution is 5.75. The van der Waals surface area contributed by atoms with Gasteiger partial charge in [-0.1, -0.05) is 6.07 Å². The molecule has 0 bridgehead atoms. The Morgan fingerprint density at radius 3 is 2.82 bits per heavy atom. The minimum absolute atomic E-state index is 0.0904. The predicted molar refractivity (Wildman–Crippen MR) is 106 cm³/mol. The number of urea groups is 1. The molecule has 0 fully saturated rings. The van der Waals surface area contributed by atoms with Crippen molar-refractivity contribution in [3.05, 3.63) is 52.6 Å². The number of carbonyl (C=O) groups is 1. The number of hydrogen-bond donors (Lipinski definition) is 1. The van der Waals surface area contributed by atoms with Crippen LogP contribution in [0, 0.1) is 0 Å². The van der Waals surface area contributed by atoms with Gasteiger partial charge >= 0.3 is 6.03 Å². The monoisotopic (exact) mass is 382 g/mol. The fourth-order valence-electron chi connectivity index (χ4n) is 3.83. The summed E-state index contributed by atoms with van der Waals surface area (Å²) < 4.78 is 16.9. The maximum Gasteiger partial charge on any atom is 0.318 e. The van der Waals surface area contributed by atoms with Crippen molar-refractivity contribution in [2.45, 2.75) is 46.0 Å². The van der Waals surface area contributed by atoms with Gasteiger partial charge in [0.15, 0.2) is 0 Å². The highest BCUT2D eigenvalue weighted by atomic mass is 16.5. The smallest absolute Gasteiger partial charge is 0.318 e. The van der Waals surface area contributed by atoms with Crippen molar-refractivity contribution in [2.24, 2.45) is 0 Å². The molecule has 0 saturated heterocycles. The van der Waals surface area contributed by atoms with Crippen molar-refractivity contribution in [2.75, 3.05) is 13.7 Å². The number of rotatable bonds is 5. The molecule has 2 heterocycles. The average Bonchev–Trinajstić information content (AvgIpc) is 3.27. The highest BCUT2D eigenvalue weighted by Gasteiger charge is 2.25. The van der Waals surface area contributed by atoms with E-state index in [1.54, 1.807) is 12.0 Å². The zero-order chi connectivity index (χ0) is 19.7. The number of nitrogens with zero attached hydrogens (tertiary/aromatic N) is 1. The Morgan fingerprint density at radius 2 is 2.04 bits per heavy atom. The fourth-order valence-corrected chi connectivity index (χ4v) is 3.83. The molecule has 0 aliphatic carbocycles. The van der Waals surface area contributed by atoms with Gasteiger partial charge in [0.05, 0.1) is 13.7 Å². The Bertz CT molecular complexity index is 896. The van der Waals surface area contributed by atoms with Crippen molar-refractivity contribution in [1.82, 2.24) is 10.2 Å². The third kappa shape index (κ3) is 3.59. The number of ether oxygens (including phenoxy) is 3. The number of nitrogens with one attached hydrogen (secondary N) is 1. The van der Waals surface area contributed by atoms with E-state index in [4.69, 9.17) is 14.2 Å². The van der Waals surface area contributed by atoms with E-state index in [1.807, 2.05) is 37.3 Å².